The Morgan fingerprint density at radius 1 is 1.47 bits per heavy atom. The third-order valence-electron chi connectivity index (χ3n) is 3.20. The highest BCUT2D eigenvalue weighted by molar-refractivity contribution is 5.69. The zero-order valence-corrected chi connectivity index (χ0v) is 12.1. The van der Waals surface area contributed by atoms with E-state index in [0.717, 1.165) is 18.8 Å². The smallest absolute Gasteiger partial charge is 0.410 e. The lowest BCUT2D eigenvalue weighted by atomic mass is 10.1. The van der Waals surface area contributed by atoms with E-state index in [0.29, 0.717) is 6.54 Å². The van der Waals surface area contributed by atoms with E-state index in [9.17, 15) is 4.79 Å². The van der Waals surface area contributed by atoms with E-state index >= 15 is 0 Å². The molecule has 0 bridgehead atoms. The normalized spacial score (nSPS) is 20.4. The highest BCUT2D eigenvalue weighted by Crippen LogP contribution is 2.24. The maximum atomic E-state index is 12.3. The fraction of sp³-hybridized carbons (Fsp3) is 0.643. The molecule has 2 rings (SSSR count). The first-order valence-electron chi connectivity index (χ1n) is 6.70. The lowest BCUT2D eigenvalue weighted by molar-refractivity contribution is 0.0110. The number of hydrogen-bond donors (Lipinski definition) is 1. The molecule has 0 saturated carbocycles. The number of rotatable bonds is 1. The van der Waals surface area contributed by atoms with Gasteiger partial charge in [0, 0.05) is 38.6 Å². The number of carbonyl (C=O) groups is 1. The first kappa shape index (κ1) is 13.9. The van der Waals surface area contributed by atoms with Gasteiger partial charge in [-0.25, -0.2) is 4.79 Å². The SMILES string of the molecule is Cn1cccc1C1CNCCN1C(=O)OC(C)(C)C. The second-order valence-corrected chi connectivity index (χ2v) is 5.94. The zero-order chi connectivity index (χ0) is 14.0. The predicted molar refractivity (Wildman–Crippen MR) is 74.0 cm³/mol. The summed E-state index contributed by atoms with van der Waals surface area (Å²) in [6.45, 7) is 7.92. The molecule has 1 N–H and O–H groups in total. The van der Waals surface area contributed by atoms with Crippen LogP contribution in [0.2, 0.25) is 0 Å². The quantitative estimate of drug-likeness (QED) is 0.843. The van der Waals surface area contributed by atoms with Crippen molar-refractivity contribution in [1.29, 1.82) is 0 Å². The van der Waals surface area contributed by atoms with Gasteiger partial charge in [-0.3, -0.25) is 4.90 Å². The van der Waals surface area contributed by atoms with Crippen molar-refractivity contribution in [3.05, 3.63) is 24.0 Å². The molecule has 1 saturated heterocycles. The predicted octanol–water partition coefficient (Wildman–Crippen LogP) is 1.91. The van der Waals surface area contributed by atoms with Crippen molar-refractivity contribution in [2.75, 3.05) is 19.6 Å². The molecule has 1 aliphatic rings. The topological polar surface area (TPSA) is 46.5 Å². The molecule has 1 unspecified atom stereocenters. The summed E-state index contributed by atoms with van der Waals surface area (Å²) < 4.78 is 7.55. The van der Waals surface area contributed by atoms with E-state index in [2.05, 4.69) is 16.0 Å². The highest BCUT2D eigenvalue weighted by atomic mass is 16.6. The van der Waals surface area contributed by atoms with Crippen LogP contribution < -0.4 is 5.32 Å². The number of carbonyl (C=O) groups excluding carboxylic acids is 1. The number of aryl methyl sites for hydroxylation is 1. The Hall–Kier alpha value is -1.49. The monoisotopic (exact) mass is 265 g/mol. The molecule has 0 radical (unpaired) electrons. The van der Waals surface area contributed by atoms with Crippen LogP contribution in [0.25, 0.3) is 0 Å². The molecule has 0 aromatic carbocycles. The average Bonchev–Trinajstić information content (AvgIpc) is 2.73. The molecule has 106 valence electrons. The molecule has 1 amide bonds. The van der Waals surface area contributed by atoms with E-state index in [4.69, 9.17) is 4.74 Å². The van der Waals surface area contributed by atoms with Crippen LogP contribution in [0.5, 0.6) is 0 Å². The first-order chi connectivity index (χ1) is 8.88. The lowest BCUT2D eigenvalue weighted by Crippen LogP contribution is -2.50. The number of nitrogens with one attached hydrogen (secondary N) is 1. The summed E-state index contributed by atoms with van der Waals surface area (Å²) in [4.78, 5) is 14.1. The fourth-order valence-corrected chi connectivity index (χ4v) is 2.33. The van der Waals surface area contributed by atoms with Gasteiger partial charge in [0.2, 0.25) is 0 Å². The Balaban J connectivity index is 2.17. The molecule has 5 heteroatoms. The summed E-state index contributed by atoms with van der Waals surface area (Å²) in [7, 11) is 2.00. The van der Waals surface area contributed by atoms with Crippen LogP contribution in [0.15, 0.2) is 18.3 Å². The second-order valence-electron chi connectivity index (χ2n) is 5.94. The standard InChI is InChI=1S/C14H23N3O2/c1-14(2,3)19-13(18)17-9-7-15-10-12(17)11-6-5-8-16(11)4/h5-6,8,12,15H,7,9-10H2,1-4H3. The van der Waals surface area contributed by atoms with Gasteiger partial charge in [-0.15, -0.1) is 0 Å². The highest BCUT2D eigenvalue weighted by Gasteiger charge is 2.32. The van der Waals surface area contributed by atoms with Crippen LogP contribution in [-0.4, -0.2) is 40.8 Å². The van der Waals surface area contributed by atoms with Crippen molar-refractivity contribution in [3.8, 4) is 0 Å². The molecular weight excluding hydrogens is 242 g/mol. The molecule has 1 aliphatic heterocycles. The minimum absolute atomic E-state index is 0.0311. The Morgan fingerprint density at radius 3 is 2.79 bits per heavy atom. The molecule has 2 heterocycles. The zero-order valence-electron chi connectivity index (χ0n) is 12.1. The van der Waals surface area contributed by atoms with Crippen LogP contribution in [0.4, 0.5) is 4.79 Å². The van der Waals surface area contributed by atoms with Gasteiger partial charge in [0.15, 0.2) is 0 Å². The van der Waals surface area contributed by atoms with Gasteiger partial charge in [-0.05, 0) is 32.9 Å². The van der Waals surface area contributed by atoms with Crippen LogP contribution in [-0.2, 0) is 11.8 Å². The van der Waals surface area contributed by atoms with Gasteiger partial charge in [0.1, 0.15) is 5.60 Å². The van der Waals surface area contributed by atoms with E-state index < -0.39 is 5.60 Å². The van der Waals surface area contributed by atoms with Gasteiger partial charge in [-0.1, -0.05) is 0 Å². The minimum Gasteiger partial charge on any atom is -0.444 e. The molecular formula is C14H23N3O2. The average molecular weight is 265 g/mol. The Labute approximate surface area is 114 Å². The minimum atomic E-state index is -0.458. The molecule has 0 aliphatic carbocycles. The molecule has 1 fully saturated rings. The molecule has 1 atom stereocenters. The Bertz CT molecular complexity index is 448. The summed E-state index contributed by atoms with van der Waals surface area (Å²) >= 11 is 0. The van der Waals surface area contributed by atoms with E-state index in [1.54, 1.807) is 0 Å². The fourth-order valence-electron chi connectivity index (χ4n) is 2.33. The summed E-state index contributed by atoms with van der Waals surface area (Å²) in [5, 5.41) is 3.34. The van der Waals surface area contributed by atoms with Crippen LogP contribution in [0.3, 0.4) is 0 Å². The molecule has 0 spiro atoms. The van der Waals surface area contributed by atoms with E-state index in [1.807, 2.05) is 45.0 Å². The lowest BCUT2D eigenvalue weighted by Gasteiger charge is -2.37. The van der Waals surface area contributed by atoms with Crippen molar-refractivity contribution in [3.63, 3.8) is 0 Å². The Kier molecular flexibility index (Phi) is 3.85. The van der Waals surface area contributed by atoms with Gasteiger partial charge in [-0.2, -0.15) is 0 Å². The number of piperazine rings is 1. The summed E-state index contributed by atoms with van der Waals surface area (Å²) in [5.74, 6) is 0. The van der Waals surface area contributed by atoms with Gasteiger partial charge >= 0.3 is 6.09 Å². The van der Waals surface area contributed by atoms with Crippen LogP contribution in [0, 0.1) is 0 Å². The van der Waals surface area contributed by atoms with Crippen molar-refractivity contribution < 1.29 is 9.53 Å². The molecule has 1 aromatic rings. The number of hydrogen-bond acceptors (Lipinski definition) is 3. The maximum Gasteiger partial charge on any atom is 0.410 e. The first-order valence-corrected chi connectivity index (χ1v) is 6.70. The van der Waals surface area contributed by atoms with Crippen molar-refractivity contribution in [2.24, 2.45) is 7.05 Å². The number of amides is 1. The van der Waals surface area contributed by atoms with Gasteiger partial charge in [0.05, 0.1) is 6.04 Å². The van der Waals surface area contributed by atoms with Crippen LogP contribution in [0.1, 0.15) is 32.5 Å². The maximum absolute atomic E-state index is 12.3. The van der Waals surface area contributed by atoms with Crippen molar-refractivity contribution in [1.82, 2.24) is 14.8 Å². The summed E-state index contributed by atoms with van der Waals surface area (Å²) in [5.41, 5.74) is 0.666. The van der Waals surface area contributed by atoms with Crippen molar-refractivity contribution in [2.45, 2.75) is 32.4 Å². The van der Waals surface area contributed by atoms with Crippen molar-refractivity contribution >= 4 is 6.09 Å². The largest absolute Gasteiger partial charge is 0.444 e. The summed E-state index contributed by atoms with van der Waals surface area (Å²) in [6.07, 6.45) is 1.76. The van der Waals surface area contributed by atoms with E-state index in [-0.39, 0.29) is 12.1 Å². The molecule has 1 aromatic heterocycles. The number of aromatic nitrogens is 1. The molecule has 5 nitrogen and oxygen atoms in total. The van der Waals surface area contributed by atoms with Crippen LogP contribution >= 0.6 is 0 Å². The number of ether oxygens (including phenoxy) is 1. The van der Waals surface area contributed by atoms with E-state index in [1.165, 1.54) is 0 Å². The molecule has 19 heavy (non-hydrogen) atoms. The van der Waals surface area contributed by atoms with Gasteiger partial charge in [0.25, 0.3) is 0 Å². The number of nitrogens with zero attached hydrogens (tertiary/aromatic N) is 2. The second kappa shape index (κ2) is 5.25. The summed E-state index contributed by atoms with van der Waals surface area (Å²) in [6, 6.07) is 4.08. The third kappa shape index (κ3) is 3.29. The van der Waals surface area contributed by atoms with Gasteiger partial charge < -0.3 is 14.6 Å². The Morgan fingerprint density at radius 2 is 2.21 bits per heavy atom. The third-order valence-corrected chi connectivity index (χ3v) is 3.20.